The van der Waals surface area contributed by atoms with E-state index in [1.807, 2.05) is 0 Å². The fourth-order valence-corrected chi connectivity index (χ4v) is 9.19. The maximum absolute atomic E-state index is 2.61. The van der Waals surface area contributed by atoms with Crippen molar-refractivity contribution in [2.45, 2.75) is 93.9 Å². The zero-order chi connectivity index (χ0) is 23.9. The summed E-state index contributed by atoms with van der Waals surface area (Å²) in [5.41, 5.74) is 6.96. The molecule has 0 saturated heterocycles. The minimum absolute atomic E-state index is 0.0417. The molecule has 1 saturated carbocycles. The second-order valence-electron chi connectivity index (χ2n) is 13.5. The first kappa shape index (κ1) is 22.0. The van der Waals surface area contributed by atoms with Crippen LogP contribution in [-0.2, 0) is 10.8 Å². The van der Waals surface area contributed by atoms with Crippen molar-refractivity contribution in [3.05, 3.63) is 58.7 Å². The first-order chi connectivity index (χ1) is 14.5. The monoisotopic (exact) mass is 426 g/mol. The van der Waals surface area contributed by atoms with Crippen LogP contribution < -0.4 is 0 Å². The Balaban J connectivity index is 2.14. The zero-order valence-corrected chi connectivity index (χ0v) is 22.5. The van der Waals surface area contributed by atoms with E-state index in [2.05, 4.69) is 119 Å². The SMILES string of the molecule is Cc1c2c(c(C)c3c1ccc1ccccc13)C1(C)C(C)(C)C(C)(C)C2(C)C(C)(C)C1(C)C. The molecule has 32 heavy (non-hydrogen) atoms. The molecule has 3 aromatic rings. The molecule has 0 radical (unpaired) electrons. The Morgan fingerprint density at radius 3 is 1.41 bits per heavy atom. The second kappa shape index (κ2) is 5.63. The van der Waals surface area contributed by atoms with Gasteiger partial charge in [-0.1, -0.05) is 106 Å². The van der Waals surface area contributed by atoms with Gasteiger partial charge in [0.15, 0.2) is 0 Å². The van der Waals surface area contributed by atoms with E-state index in [0.717, 1.165) is 0 Å². The summed E-state index contributed by atoms with van der Waals surface area (Å²) in [5.74, 6) is 0. The highest BCUT2D eigenvalue weighted by molar-refractivity contribution is 6.11. The van der Waals surface area contributed by atoms with Gasteiger partial charge in [0, 0.05) is 10.8 Å². The van der Waals surface area contributed by atoms with Crippen LogP contribution in [0.25, 0.3) is 21.5 Å². The molecule has 0 unspecified atom stereocenters. The van der Waals surface area contributed by atoms with Gasteiger partial charge >= 0.3 is 0 Å². The molecule has 3 aromatic carbocycles. The van der Waals surface area contributed by atoms with E-state index in [0.29, 0.717) is 0 Å². The Morgan fingerprint density at radius 1 is 0.469 bits per heavy atom. The lowest BCUT2D eigenvalue weighted by atomic mass is 9.21. The summed E-state index contributed by atoms with van der Waals surface area (Å²) in [4.78, 5) is 0. The van der Waals surface area contributed by atoms with E-state index in [4.69, 9.17) is 0 Å². The molecule has 0 heteroatoms. The lowest BCUT2D eigenvalue weighted by molar-refractivity contribution is -0.247. The Bertz CT molecular complexity index is 1280. The Hall–Kier alpha value is -1.82. The third-order valence-corrected chi connectivity index (χ3v) is 12.8. The van der Waals surface area contributed by atoms with E-state index in [1.54, 1.807) is 11.1 Å². The van der Waals surface area contributed by atoms with Crippen molar-refractivity contribution in [2.75, 3.05) is 0 Å². The van der Waals surface area contributed by atoms with Crippen molar-refractivity contribution in [1.29, 1.82) is 0 Å². The van der Waals surface area contributed by atoms with Gasteiger partial charge in [-0.3, -0.25) is 0 Å². The molecule has 0 aromatic heterocycles. The molecule has 0 amide bonds. The van der Waals surface area contributed by atoms with E-state index in [1.165, 1.54) is 32.7 Å². The second-order valence-corrected chi connectivity index (χ2v) is 13.5. The summed E-state index contributed by atoms with van der Waals surface area (Å²) in [6.45, 7) is 30.5. The first-order valence-corrected chi connectivity index (χ1v) is 12.5. The summed E-state index contributed by atoms with van der Waals surface area (Å²) in [6.07, 6.45) is 0. The third kappa shape index (κ3) is 1.78. The van der Waals surface area contributed by atoms with Crippen molar-refractivity contribution in [3.63, 3.8) is 0 Å². The quantitative estimate of drug-likeness (QED) is 0.314. The van der Waals surface area contributed by atoms with Crippen LogP contribution in [0.4, 0.5) is 0 Å². The maximum atomic E-state index is 2.61. The average molecular weight is 427 g/mol. The van der Waals surface area contributed by atoms with Gasteiger partial charge in [0.05, 0.1) is 0 Å². The molecule has 3 aliphatic carbocycles. The first-order valence-electron chi connectivity index (χ1n) is 12.5. The molecule has 0 N–H and O–H groups in total. The predicted molar refractivity (Wildman–Crippen MR) is 141 cm³/mol. The fraction of sp³-hybridized carbons (Fsp3) is 0.562. The summed E-state index contributed by atoms with van der Waals surface area (Å²) >= 11 is 0. The Morgan fingerprint density at radius 2 is 0.906 bits per heavy atom. The predicted octanol–water partition coefficient (Wildman–Crippen LogP) is 9.26. The van der Waals surface area contributed by atoms with Crippen LogP contribution in [-0.4, -0.2) is 0 Å². The lowest BCUT2D eigenvalue weighted by Crippen LogP contribution is -2.79. The van der Waals surface area contributed by atoms with Gasteiger partial charge in [-0.15, -0.1) is 0 Å². The van der Waals surface area contributed by atoms with Crippen LogP contribution in [0.15, 0.2) is 36.4 Å². The van der Waals surface area contributed by atoms with E-state index < -0.39 is 0 Å². The van der Waals surface area contributed by atoms with Crippen molar-refractivity contribution < 1.29 is 0 Å². The molecule has 1 fully saturated rings. The van der Waals surface area contributed by atoms with Crippen LogP contribution in [0.5, 0.6) is 0 Å². The molecule has 0 atom stereocenters. The molecular weight excluding hydrogens is 384 g/mol. The zero-order valence-electron chi connectivity index (χ0n) is 22.5. The van der Waals surface area contributed by atoms with E-state index in [9.17, 15) is 0 Å². The summed E-state index contributed by atoms with van der Waals surface area (Å²) < 4.78 is 0. The molecule has 0 heterocycles. The fourth-order valence-electron chi connectivity index (χ4n) is 9.19. The minimum atomic E-state index is 0.0417. The molecular formula is C32H42. The van der Waals surface area contributed by atoms with Crippen LogP contribution in [0, 0.1) is 35.5 Å². The smallest absolute Gasteiger partial charge is 0.00436 e. The molecule has 2 bridgehead atoms. The minimum Gasteiger partial charge on any atom is -0.0616 e. The molecule has 3 aliphatic rings. The number of aryl methyl sites for hydroxylation is 2. The topological polar surface area (TPSA) is 0 Å². The maximum Gasteiger partial charge on any atom is 0.00436 e. The average Bonchev–Trinajstić information content (AvgIpc) is 2.71. The summed E-state index contributed by atoms with van der Waals surface area (Å²) in [7, 11) is 0. The number of fused-ring (bicyclic) bond motifs is 5. The van der Waals surface area contributed by atoms with Gasteiger partial charge in [0.25, 0.3) is 0 Å². The molecule has 170 valence electrons. The van der Waals surface area contributed by atoms with Crippen molar-refractivity contribution in [1.82, 2.24) is 0 Å². The largest absolute Gasteiger partial charge is 0.0616 e. The van der Waals surface area contributed by atoms with Gasteiger partial charge < -0.3 is 0 Å². The number of hydrogen-bond donors (Lipinski definition) is 0. The Labute approximate surface area is 195 Å². The highest BCUT2D eigenvalue weighted by atomic mass is 14.8. The normalized spacial score (nSPS) is 31.1. The van der Waals surface area contributed by atoms with Crippen molar-refractivity contribution >= 4 is 21.5 Å². The standard InChI is InChI=1S/C32H42/c1-19-22-18-17-21-15-13-14-16-23(21)24(22)20(2)26-25(19)31(11)27(3,4)29(7,8)32(26,12)30(9,10)28(31,5)6/h13-18H,1-12H3. The lowest BCUT2D eigenvalue weighted by Gasteiger charge is -2.82. The van der Waals surface area contributed by atoms with Gasteiger partial charge in [-0.2, -0.15) is 0 Å². The van der Waals surface area contributed by atoms with Crippen LogP contribution in [0.2, 0.25) is 0 Å². The highest BCUT2D eigenvalue weighted by Crippen LogP contribution is 2.83. The van der Waals surface area contributed by atoms with Crippen LogP contribution in [0.1, 0.15) is 91.5 Å². The number of hydrogen-bond acceptors (Lipinski definition) is 0. The molecule has 0 aliphatic heterocycles. The summed E-state index contributed by atoms with van der Waals surface area (Å²) in [5, 5.41) is 5.66. The molecule has 6 rings (SSSR count). The third-order valence-electron chi connectivity index (χ3n) is 12.8. The van der Waals surface area contributed by atoms with E-state index >= 15 is 0 Å². The Kier molecular flexibility index (Phi) is 3.87. The van der Waals surface area contributed by atoms with Crippen molar-refractivity contribution in [3.8, 4) is 0 Å². The molecule has 0 spiro atoms. The van der Waals surface area contributed by atoms with Crippen LogP contribution >= 0.6 is 0 Å². The summed E-state index contributed by atoms with van der Waals surface area (Å²) in [6, 6.07) is 13.7. The molecule has 0 nitrogen and oxygen atoms in total. The van der Waals surface area contributed by atoms with Gasteiger partial charge in [-0.25, -0.2) is 0 Å². The number of benzene rings is 3. The van der Waals surface area contributed by atoms with Gasteiger partial charge in [-0.05, 0) is 79.3 Å². The number of rotatable bonds is 0. The van der Waals surface area contributed by atoms with Gasteiger partial charge in [0.1, 0.15) is 0 Å². The highest BCUT2D eigenvalue weighted by Gasteiger charge is 2.79. The van der Waals surface area contributed by atoms with E-state index in [-0.39, 0.29) is 32.5 Å². The van der Waals surface area contributed by atoms with Gasteiger partial charge in [0.2, 0.25) is 0 Å². The van der Waals surface area contributed by atoms with Crippen LogP contribution in [0.3, 0.4) is 0 Å². The van der Waals surface area contributed by atoms with Crippen molar-refractivity contribution in [2.24, 2.45) is 21.7 Å².